The van der Waals surface area contributed by atoms with Gasteiger partial charge in [0.25, 0.3) is 0 Å². The van der Waals surface area contributed by atoms with Gasteiger partial charge in [0.1, 0.15) is 6.10 Å². The quantitative estimate of drug-likeness (QED) is 0.842. The summed E-state index contributed by atoms with van der Waals surface area (Å²) in [5, 5.41) is 0. The zero-order chi connectivity index (χ0) is 11.5. The fraction of sp³-hybridized carbons (Fsp3) is 0.500. The summed E-state index contributed by atoms with van der Waals surface area (Å²) in [6.07, 6.45) is 3.41. The standard InChI is InChI=1S/C12H15F2NO/c13-10-5-2-6-11(12(10)14)16-9-4-1-3-8(15)7-9/h2,5-6,8-9H,1,3-4,7,15H2. The summed E-state index contributed by atoms with van der Waals surface area (Å²) < 4.78 is 31.7. The van der Waals surface area contributed by atoms with Crippen LogP contribution < -0.4 is 10.5 Å². The van der Waals surface area contributed by atoms with Gasteiger partial charge in [0.05, 0.1) is 0 Å². The molecule has 0 amide bonds. The first-order chi connectivity index (χ1) is 7.66. The van der Waals surface area contributed by atoms with E-state index in [-0.39, 0.29) is 17.9 Å². The molecule has 2 rings (SSSR count). The summed E-state index contributed by atoms with van der Waals surface area (Å²) in [7, 11) is 0. The third-order valence-corrected chi connectivity index (χ3v) is 2.88. The number of hydrogen-bond donors (Lipinski definition) is 1. The van der Waals surface area contributed by atoms with Crippen LogP contribution in [-0.4, -0.2) is 12.1 Å². The van der Waals surface area contributed by atoms with E-state index in [4.69, 9.17) is 10.5 Å². The van der Waals surface area contributed by atoms with Gasteiger partial charge in [0, 0.05) is 6.04 Å². The average Bonchev–Trinajstić information content (AvgIpc) is 2.25. The molecule has 4 heteroatoms. The Balaban J connectivity index is 2.05. The number of ether oxygens (including phenoxy) is 1. The molecule has 2 nitrogen and oxygen atoms in total. The summed E-state index contributed by atoms with van der Waals surface area (Å²) >= 11 is 0. The van der Waals surface area contributed by atoms with Gasteiger partial charge >= 0.3 is 0 Å². The molecule has 1 aliphatic rings. The van der Waals surface area contributed by atoms with Crippen molar-refractivity contribution < 1.29 is 13.5 Å². The second kappa shape index (κ2) is 4.78. The maximum atomic E-state index is 13.3. The Morgan fingerprint density at radius 1 is 1.25 bits per heavy atom. The molecule has 1 saturated carbocycles. The smallest absolute Gasteiger partial charge is 0.200 e. The summed E-state index contributed by atoms with van der Waals surface area (Å²) in [5.41, 5.74) is 5.80. The van der Waals surface area contributed by atoms with Gasteiger partial charge in [-0.05, 0) is 37.8 Å². The highest BCUT2D eigenvalue weighted by molar-refractivity contribution is 5.25. The van der Waals surface area contributed by atoms with E-state index in [0.29, 0.717) is 6.42 Å². The lowest BCUT2D eigenvalue weighted by Gasteiger charge is -2.27. The maximum Gasteiger partial charge on any atom is 0.200 e. The van der Waals surface area contributed by atoms with Gasteiger partial charge in [-0.1, -0.05) is 6.07 Å². The zero-order valence-electron chi connectivity index (χ0n) is 8.96. The summed E-state index contributed by atoms with van der Waals surface area (Å²) in [4.78, 5) is 0. The largest absolute Gasteiger partial charge is 0.487 e. The molecule has 0 spiro atoms. The number of hydrogen-bond acceptors (Lipinski definition) is 2. The molecule has 0 saturated heterocycles. The number of nitrogens with two attached hydrogens (primary N) is 1. The van der Waals surface area contributed by atoms with Gasteiger partial charge in [0.2, 0.25) is 5.82 Å². The monoisotopic (exact) mass is 227 g/mol. The van der Waals surface area contributed by atoms with Crippen molar-refractivity contribution in [3.05, 3.63) is 29.8 Å². The second-order valence-electron chi connectivity index (χ2n) is 4.22. The lowest BCUT2D eigenvalue weighted by molar-refractivity contribution is 0.137. The molecule has 2 N–H and O–H groups in total. The molecule has 0 aromatic heterocycles. The van der Waals surface area contributed by atoms with Crippen molar-refractivity contribution in [2.75, 3.05) is 0 Å². The fourth-order valence-electron chi connectivity index (χ4n) is 2.04. The van der Waals surface area contributed by atoms with Crippen molar-refractivity contribution in [3.8, 4) is 5.75 Å². The Morgan fingerprint density at radius 3 is 2.81 bits per heavy atom. The molecule has 0 heterocycles. The minimum atomic E-state index is -0.915. The van der Waals surface area contributed by atoms with Crippen LogP contribution in [0.4, 0.5) is 8.78 Å². The first kappa shape index (κ1) is 11.3. The van der Waals surface area contributed by atoms with Crippen LogP contribution in [0.2, 0.25) is 0 Å². The lowest BCUT2D eigenvalue weighted by atomic mass is 9.93. The highest BCUT2D eigenvalue weighted by atomic mass is 19.2. The van der Waals surface area contributed by atoms with E-state index in [2.05, 4.69) is 0 Å². The second-order valence-corrected chi connectivity index (χ2v) is 4.22. The van der Waals surface area contributed by atoms with Crippen LogP contribution >= 0.6 is 0 Å². The van der Waals surface area contributed by atoms with Gasteiger partial charge < -0.3 is 10.5 Å². The fourth-order valence-corrected chi connectivity index (χ4v) is 2.04. The van der Waals surface area contributed by atoms with Crippen LogP contribution in [0.25, 0.3) is 0 Å². The van der Waals surface area contributed by atoms with Crippen LogP contribution in [0.1, 0.15) is 25.7 Å². The number of benzene rings is 1. The van der Waals surface area contributed by atoms with Gasteiger partial charge in [-0.15, -0.1) is 0 Å². The molecule has 88 valence electrons. The number of halogens is 2. The molecule has 1 aromatic carbocycles. The molecule has 16 heavy (non-hydrogen) atoms. The van der Waals surface area contributed by atoms with Gasteiger partial charge in [-0.2, -0.15) is 4.39 Å². The minimum Gasteiger partial charge on any atom is -0.487 e. The normalized spacial score (nSPS) is 25.4. The lowest BCUT2D eigenvalue weighted by Crippen LogP contribution is -2.33. The average molecular weight is 227 g/mol. The van der Waals surface area contributed by atoms with Crippen molar-refractivity contribution in [1.29, 1.82) is 0 Å². The van der Waals surface area contributed by atoms with E-state index in [9.17, 15) is 8.78 Å². The molecule has 0 bridgehead atoms. The Kier molecular flexibility index (Phi) is 3.39. The molecular weight excluding hydrogens is 212 g/mol. The van der Waals surface area contributed by atoms with E-state index in [1.54, 1.807) is 0 Å². The van der Waals surface area contributed by atoms with Gasteiger partial charge in [-0.25, -0.2) is 4.39 Å². The Morgan fingerprint density at radius 2 is 2.06 bits per heavy atom. The summed E-state index contributed by atoms with van der Waals surface area (Å²) in [6, 6.07) is 4.07. The molecule has 0 radical (unpaired) electrons. The predicted octanol–water partition coefficient (Wildman–Crippen LogP) is 2.61. The van der Waals surface area contributed by atoms with E-state index in [1.807, 2.05) is 0 Å². The Labute approximate surface area is 93.4 Å². The maximum absolute atomic E-state index is 13.3. The van der Waals surface area contributed by atoms with Gasteiger partial charge in [-0.3, -0.25) is 0 Å². The molecule has 2 atom stereocenters. The Hall–Kier alpha value is -1.16. The van der Waals surface area contributed by atoms with E-state index in [1.165, 1.54) is 12.1 Å². The van der Waals surface area contributed by atoms with Gasteiger partial charge in [0.15, 0.2) is 11.6 Å². The SMILES string of the molecule is NC1CCCC(Oc2cccc(F)c2F)C1. The van der Waals surface area contributed by atoms with Crippen LogP contribution in [0, 0.1) is 11.6 Å². The predicted molar refractivity (Wildman–Crippen MR) is 57.2 cm³/mol. The molecule has 0 aliphatic heterocycles. The highest BCUT2D eigenvalue weighted by Crippen LogP contribution is 2.25. The van der Waals surface area contributed by atoms with Crippen molar-refractivity contribution in [2.24, 2.45) is 5.73 Å². The topological polar surface area (TPSA) is 35.2 Å². The minimum absolute atomic E-state index is 0.0147. The van der Waals surface area contributed by atoms with Crippen molar-refractivity contribution in [3.63, 3.8) is 0 Å². The van der Waals surface area contributed by atoms with Crippen molar-refractivity contribution in [2.45, 2.75) is 37.8 Å². The van der Waals surface area contributed by atoms with E-state index in [0.717, 1.165) is 25.3 Å². The third kappa shape index (κ3) is 2.50. The summed E-state index contributed by atoms with van der Waals surface area (Å²) in [5.74, 6) is -1.81. The Bertz CT molecular complexity index is 370. The zero-order valence-corrected chi connectivity index (χ0v) is 8.96. The van der Waals surface area contributed by atoms with Crippen LogP contribution in [-0.2, 0) is 0 Å². The van der Waals surface area contributed by atoms with Crippen molar-refractivity contribution >= 4 is 0 Å². The third-order valence-electron chi connectivity index (χ3n) is 2.88. The molecule has 1 fully saturated rings. The molecule has 1 aliphatic carbocycles. The molecule has 2 unspecified atom stereocenters. The van der Waals surface area contributed by atoms with Crippen molar-refractivity contribution in [1.82, 2.24) is 0 Å². The van der Waals surface area contributed by atoms with E-state index < -0.39 is 11.6 Å². The van der Waals surface area contributed by atoms with E-state index >= 15 is 0 Å². The molecule has 1 aromatic rings. The number of rotatable bonds is 2. The van der Waals surface area contributed by atoms with Crippen LogP contribution in [0.3, 0.4) is 0 Å². The summed E-state index contributed by atoms with van der Waals surface area (Å²) in [6.45, 7) is 0. The van der Waals surface area contributed by atoms with Crippen LogP contribution in [0.5, 0.6) is 5.75 Å². The highest BCUT2D eigenvalue weighted by Gasteiger charge is 2.22. The first-order valence-corrected chi connectivity index (χ1v) is 5.53. The molecular formula is C12H15F2NO. The first-order valence-electron chi connectivity index (χ1n) is 5.53. The van der Waals surface area contributed by atoms with Crippen LogP contribution in [0.15, 0.2) is 18.2 Å².